The fraction of sp³-hybridized carbons (Fsp3) is 0.800. The van der Waals surface area contributed by atoms with Crippen molar-refractivity contribution in [2.45, 2.75) is 22.5 Å². The number of halogens is 2. The molecule has 0 N–H and O–H groups in total. The Labute approximate surface area is 60.9 Å². The molecule has 0 heterocycles. The molecule has 1 radical (unpaired) electrons. The summed E-state index contributed by atoms with van der Waals surface area (Å²) in [6.45, 7) is 0. The predicted molar refractivity (Wildman–Crippen MR) is 39.0 cm³/mol. The van der Waals surface area contributed by atoms with Crippen LogP contribution in [0.2, 0.25) is 0 Å². The monoisotopic (exact) mass is 225 g/mol. The van der Waals surface area contributed by atoms with Gasteiger partial charge in [0, 0.05) is 9.65 Å². The molecule has 0 amide bonds. The largest absolute Gasteiger partial charge is 0.0878 e. The van der Waals surface area contributed by atoms with Crippen LogP contribution in [0.25, 0.3) is 0 Å². The SMILES string of the molecule is BrC1[CH]CCC1Br. The number of alkyl halides is 2. The van der Waals surface area contributed by atoms with Crippen molar-refractivity contribution < 1.29 is 0 Å². The minimum atomic E-state index is 0.618. The summed E-state index contributed by atoms with van der Waals surface area (Å²) in [6, 6.07) is 0. The first-order valence-electron chi connectivity index (χ1n) is 2.42. The van der Waals surface area contributed by atoms with Crippen LogP contribution in [0.5, 0.6) is 0 Å². The zero-order valence-corrected chi connectivity index (χ0v) is 7.07. The molecule has 0 nitrogen and oxygen atoms in total. The average Bonchev–Trinajstić information content (AvgIpc) is 1.91. The lowest BCUT2D eigenvalue weighted by Gasteiger charge is -2.00. The Kier molecular flexibility index (Phi) is 2.17. The van der Waals surface area contributed by atoms with Gasteiger partial charge in [-0.15, -0.1) is 0 Å². The highest BCUT2D eigenvalue weighted by Crippen LogP contribution is 2.29. The van der Waals surface area contributed by atoms with Crippen LogP contribution in [0, 0.1) is 6.42 Å². The summed E-state index contributed by atoms with van der Waals surface area (Å²) in [5.74, 6) is 0. The highest BCUT2D eigenvalue weighted by atomic mass is 79.9. The van der Waals surface area contributed by atoms with Crippen LogP contribution >= 0.6 is 31.9 Å². The maximum Gasteiger partial charge on any atom is 0.0302 e. The lowest BCUT2D eigenvalue weighted by molar-refractivity contribution is 0.931. The quantitative estimate of drug-likeness (QED) is 0.557. The zero-order chi connectivity index (χ0) is 5.28. The van der Waals surface area contributed by atoms with E-state index in [4.69, 9.17) is 0 Å². The molecule has 1 rings (SSSR count). The molecule has 1 fully saturated rings. The molecular formula is C5H7Br2. The van der Waals surface area contributed by atoms with Crippen molar-refractivity contribution in [3.8, 4) is 0 Å². The van der Waals surface area contributed by atoms with E-state index in [1.807, 2.05) is 0 Å². The third-order valence-electron chi connectivity index (χ3n) is 1.18. The van der Waals surface area contributed by atoms with Gasteiger partial charge in [0.1, 0.15) is 0 Å². The van der Waals surface area contributed by atoms with Crippen LogP contribution in [0.3, 0.4) is 0 Å². The van der Waals surface area contributed by atoms with Crippen molar-refractivity contribution in [2.75, 3.05) is 0 Å². The zero-order valence-electron chi connectivity index (χ0n) is 3.90. The van der Waals surface area contributed by atoms with Crippen LogP contribution in [0.15, 0.2) is 0 Å². The fourth-order valence-corrected chi connectivity index (χ4v) is 1.73. The summed E-state index contributed by atoms with van der Waals surface area (Å²) in [6.07, 6.45) is 4.83. The van der Waals surface area contributed by atoms with E-state index in [2.05, 4.69) is 38.3 Å². The fourth-order valence-electron chi connectivity index (χ4n) is 0.722. The minimum absolute atomic E-state index is 0.618. The molecule has 0 saturated heterocycles. The molecule has 1 aliphatic carbocycles. The molecule has 0 spiro atoms. The van der Waals surface area contributed by atoms with Gasteiger partial charge in [0.05, 0.1) is 0 Å². The highest BCUT2D eigenvalue weighted by molar-refractivity contribution is 9.12. The first-order chi connectivity index (χ1) is 3.30. The molecule has 0 aliphatic heterocycles. The molecule has 7 heavy (non-hydrogen) atoms. The van der Waals surface area contributed by atoms with Gasteiger partial charge in [-0.25, -0.2) is 0 Å². The van der Waals surface area contributed by atoms with Crippen LogP contribution in [-0.2, 0) is 0 Å². The van der Waals surface area contributed by atoms with Crippen LogP contribution in [-0.4, -0.2) is 9.65 Å². The Balaban J connectivity index is 2.33. The summed E-state index contributed by atoms with van der Waals surface area (Å²) in [4.78, 5) is 1.31. The average molecular weight is 227 g/mol. The van der Waals surface area contributed by atoms with Gasteiger partial charge in [0.25, 0.3) is 0 Å². The Hall–Kier alpha value is 0.960. The standard InChI is InChI=1S/C5H7Br2/c6-4-2-1-3-5(4)7/h2,4-5H,1,3H2. The number of hydrogen-bond donors (Lipinski definition) is 0. The van der Waals surface area contributed by atoms with Gasteiger partial charge in [-0.1, -0.05) is 31.9 Å². The van der Waals surface area contributed by atoms with Crippen molar-refractivity contribution in [3.05, 3.63) is 6.42 Å². The molecule has 41 valence electrons. The minimum Gasteiger partial charge on any atom is -0.0878 e. The van der Waals surface area contributed by atoms with E-state index in [0.29, 0.717) is 9.65 Å². The molecule has 2 atom stereocenters. The van der Waals surface area contributed by atoms with Crippen molar-refractivity contribution in [1.82, 2.24) is 0 Å². The lowest BCUT2D eigenvalue weighted by atomic mass is 10.4. The normalized spacial score (nSPS) is 42.0. The Morgan fingerprint density at radius 1 is 1.43 bits per heavy atom. The summed E-state index contributed by atoms with van der Waals surface area (Å²) in [5.41, 5.74) is 0. The topological polar surface area (TPSA) is 0 Å². The maximum absolute atomic E-state index is 3.53. The second kappa shape index (κ2) is 2.49. The molecule has 1 saturated carbocycles. The summed E-state index contributed by atoms with van der Waals surface area (Å²) in [5, 5.41) is 0. The van der Waals surface area contributed by atoms with Crippen molar-refractivity contribution in [2.24, 2.45) is 0 Å². The molecule has 2 heteroatoms. The van der Waals surface area contributed by atoms with Gasteiger partial charge in [-0.3, -0.25) is 0 Å². The van der Waals surface area contributed by atoms with Crippen LogP contribution in [0.1, 0.15) is 12.8 Å². The second-order valence-electron chi connectivity index (χ2n) is 1.77. The first kappa shape index (κ1) is 6.09. The van der Waals surface area contributed by atoms with Gasteiger partial charge >= 0.3 is 0 Å². The van der Waals surface area contributed by atoms with E-state index in [1.54, 1.807) is 0 Å². The van der Waals surface area contributed by atoms with Crippen molar-refractivity contribution >= 4 is 31.9 Å². The lowest BCUT2D eigenvalue weighted by Crippen LogP contribution is -2.02. The Morgan fingerprint density at radius 3 is 2.29 bits per heavy atom. The third kappa shape index (κ3) is 1.43. The Morgan fingerprint density at radius 2 is 2.14 bits per heavy atom. The molecule has 0 aromatic rings. The molecule has 0 aromatic carbocycles. The third-order valence-corrected chi connectivity index (χ3v) is 3.93. The van der Waals surface area contributed by atoms with E-state index in [9.17, 15) is 0 Å². The van der Waals surface area contributed by atoms with Gasteiger partial charge < -0.3 is 0 Å². The van der Waals surface area contributed by atoms with E-state index in [1.165, 1.54) is 12.8 Å². The highest BCUT2D eigenvalue weighted by Gasteiger charge is 2.21. The van der Waals surface area contributed by atoms with Gasteiger partial charge in [-0.05, 0) is 19.3 Å². The number of hydrogen-bond acceptors (Lipinski definition) is 0. The summed E-state index contributed by atoms with van der Waals surface area (Å²) >= 11 is 7.03. The van der Waals surface area contributed by atoms with E-state index < -0.39 is 0 Å². The maximum atomic E-state index is 3.53. The van der Waals surface area contributed by atoms with Crippen LogP contribution in [0.4, 0.5) is 0 Å². The molecule has 0 bridgehead atoms. The Bertz CT molecular complexity index is 55.1. The smallest absolute Gasteiger partial charge is 0.0302 e. The van der Waals surface area contributed by atoms with E-state index in [0.717, 1.165) is 0 Å². The van der Waals surface area contributed by atoms with Crippen LogP contribution < -0.4 is 0 Å². The van der Waals surface area contributed by atoms with E-state index >= 15 is 0 Å². The molecule has 0 aromatic heterocycles. The number of rotatable bonds is 0. The van der Waals surface area contributed by atoms with Crippen molar-refractivity contribution in [3.63, 3.8) is 0 Å². The first-order valence-corrected chi connectivity index (χ1v) is 4.25. The van der Waals surface area contributed by atoms with Crippen molar-refractivity contribution in [1.29, 1.82) is 0 Å². The predicted octanol–water partition coefficient (Wildman–Crippen LogP) is 2.51. The van der Waals surface area contributed by atoms with Gasteiger partial charge in [0.15, 0.2) is 0 Å². The summed E-state index contributed by atoms with van der Waals surface area (Å²) in [7, 11) is 0. The molecule has 2 unspecified atom stereocenters. The molecular weight excluding hydrogens is 220 g/mol. The second-order valence-corrected chi connectivity index (χ2v) is 4.01. The van der Waals surface area contributed by atoms with Gasteiger partial charge in [-0.2, -0.15) is 0 Å². The van der Waals surface area contributed by atoms with E-state index in [-0.39, 0.29) is 0 Å². The van der Waals surface area contributed by atoms with Gasteiger partial charge in [0.2, 0.25) is 0 Å². The summed E-state index contributed by atoms with van der Waals surface area (Å²) < 4.78 is 0. The molecule has 1 aliphatic rings.